The molecule has 0 saturated heterocycles. The number of hydrogen-bond donors (Lipinski definition) is 1. The summed E-state index contributed by atoms with van der Waals surface area (Å²) in [6, 6.07) is 19.4. The molecule has 1 amide bonds. The van der Waals surface area contributed by atoms with Crippen LogP contribution >= 0.6 is 0 Å². The van der Waals surface area contributed by atoms with Gasteiger partial charge in [-0.25, -0.2) is 4.98 Å². The van der Waals surface area contributed by atoms with Crippen LogP contribution in [0.1, 0.15) is 27.0 Å². The Hall–Kier alpha value is -3.86. The molecule has 0 bridgehead atoms. The molecule has 0 fully saturated rings. The Morgan fingerprint density at radius 1 is 0.844 bits per heavy atom. The topological polar surface area (TPSA) is 60.5 Å². The van der Waals surface area contributed by atoms with Gasteiger partial charge in [0.25, 0.3) is 5.91 Å². The Labute approximate surface area is 188 Å². The van der Waals surface area contributed by atoms with E-state index in [2.05, 4.69) is 11.4 Å². The SMILES string of the molecule is COc1ccc(OC)c(NC(=O)c2cc(-c3ccc(C)cc3)nc3c(C)cc(C)cc23)c1. The largest absolute Gasteiger partial charge is 0.497 e. The van der Waals surface area contributed by atoms with Gasteiger partial charge in [-0.05, 0) is 50.6 Å². The Balaban J connectivity index is 1.87. The summed E-state index contributed by atoms with van der Waals surface area (Å²) in [5.74, 6) is 0.957. The quantitative estimate of drug-likeness (QED) is 0.419. The molecule has 3 aromatic carbocycles. The molecule has 1 heterocycles. The van der Waals surface area contributed by atoms with Crippen LogP contribution in [0.4, 0.5) is 5.69 Å². The van der Waals surface area contributed by atoms with Crippen molar-refractivity contribution in [3.8, 4) is 22.8 Å². The maximum Gasteiger partial charge on any atom is 0.256 e. The molecule has 0 aliphatic carbocycles. The first-order valence-electron chi connectivity index (χ1n) is 10.4. The van der Waals surface area contributed by atoms with Crippen molar-refractivity contribution in [1.29, 1.82) is 0 Å². The lowest BCUT2D eigenvalue weighted by Gasteiger charge is -2.15. The van der Waals surface area contributed by atoms with E-state index in [4.69, 9.17) is 14.5 Å². The van der Waals surface area contributed by atoms with Crippen molar-refractivity contribution in [2.45, 2.75) is 20.8 Å². The van der Waals surface area contributed by atoms with E-state index in [1.54, 1.807) is 32.4 Å². The van der Waals surface area contributed by atoms with Gasteiger partial charge in [0, 0.05) is 17.0 Å². The Bertz CT molecular complexity index is 1310. The molecule has 0 unspecified atom stereocenters. The highest BCUT2D eigenvalue weighted by molar-refractivity contribution is 6.14. The second kappa shape index (κ2) is 8.71. The first kappa shape index (κ1) is 21.4. The maximum atomic E-state index is 13.5. The molecule has 0 spiro atoms. The summed E-state index contributed by atoms with van der Waals surface area (Å²) in [5.41, 5.74) is 6.92. The van der Waals surface area contributed by atoms with Crippen molar-refractivity contribution < 1.29 is 14.3 Å². The van der Waals surface area contributed by atoms with Crippen molar-refractivity contribution in [3.05, 3.63) is 82.9 Å². The van der Waals surface area contributed by atoms with Crippen molar-refractivity contribution in [1.82, 2.24) is 4.98 Å². The summed E-state index contributed by atoms with van der Waals surface area (Å²) in [7, 11) is 3.16. The monoisotopic (exact) mass is 426 g/mol. The highest BCUT2D eigenvalue weighted by Gasteiger charge is 2.18. The van der Waals surface area contributed by atoms with Crippen LogP contribution in [-0.4, -0.2) is 25.1 Å². The zero-order valence-electron chi connectivity index (χ0n) is 18.9. The van der Waals surface area contributed by atoms with E-state index in [9.17, 15) is 4.79 Å². The molecule has 162 valence electrons. The van der Waals surface area contributed by atoms with Gasteiger partial charge in [-0.15, -0.1) is 0 Å². The van der Waals surface area contributed by atoms with Gasteiger partial charge < -0.3 is 14.8 Å². The van der Waals surface area contributed by atoms with Crippen molar-refractivity contribution in [3.63, 3.8) is 0 Å². The average molecular weight is 427 g/mol. The van der Waals surface area contributed by atoms with Crippen LogP contribution in [0, 0.1) is 20.8 Å². The molecule has 4 aromatic rings. The predicted octanol–water partition coefficient (Wildman–Crippen LogP) is 6.10. The van der Waals surface area contributed by atoms with Crippen LogP contribution in [0.25, 0.3) is 22.2 Å². The summed E-state index contributed by atoms with van der Waals surface area (Å²) < 4.78 is 10.7. The number of hydrogen-bond acceptors (Lipinski definition) is 4. The minimum absolute atomic E-state index is 0.234. The number of methoxy groups -OCH3 is 2. The zero-order valence-corrected chi connectivity index (χ0v) is 18.9. The van der Waals surface area contributed by atoms with Crippen molar-refractivity contribution >= 4 is 22.5 Å². The van der Waals surface area contributed by atoms with Crippen LogP contribution in [0.2, 0.25) is 0 Å². The number of aryl methyl sites for hydroxylation is 3. The van der Waals surface area contributed by atoms with Gasteiger partial charge >= 0.3 is 0 Å². The van der Waals surface area contributed by atoms with Crippen LogP contribution in [0.3, 0.4) is 0 Å². The standard InChI is InChI=1S/C27H26N2O3/c1-16-6-8-19(9-7-16)23-15-22(21-13-17(2)12-18(3)26(21)28-23)27(30)29-24-14-20(31-4)10-11-25(24)32-5/h6-15H,1-5H3,(H,29,30). The predicted molar refractivity (Wildman–Crippen MR) is 129 cm³/mol. The molecule has 32 heavy (non-hydrogen) atoms. The van der Waals surface area contributed by atoms with Gasteiger partial charge in [0.2, 0.25) is 0 Å². The van der Waals surface area contributed by atoms with E-state index >= 15 is 0 Å². The van der Waals surface area contributed by atoms with Crippen LogP contribution in [-0.2, 0) is 0 Å². The van der Waals surface area contributed by atoms with E-state index in [-0.39, 0.29) is 5.91 Å². The molecule has 4 rings (SSSR count). The molecule has 0 aliphatic heterocycles. The number of nitrogens with zero attached hydrogens (tertiary/aromatic N) is 1. The number of pyridine rings is 1. The van der Waals surface area contributed by atoms with Gasteiger partial charge in [0.1, 0.15) is 11.5 Å². The van der Waals surface area contributed by atoms with Crippen molar-refractivity contribution in [2.24, 2.45) is 0 Å². The molecule has 1 N–H and O–H groups in total. The number of aromatic nitrogens is 1. The normalized spacial score (nSPS) is 10.8. The van der Waals surface area contributed by atoms with Crippen LogP contribution in [0.15, 0.2) is 60.7 Å². The molecule has 0 aliphatic rings. The fourth-order valence-corrected chi connectivity index (χ4v) is 3.84. The minimum Gasteiger partial charge on any atom is -0.497 e. The fraction of sp³-hybridized carbons (Fsp3) is 0.185. The molecule has 0 radical (unpaired) electrons. The molecule has 1 aromatic heterocycles. The molecule has 0 saturated carbocycles. The van der Waals surface area contributed by atoms with E-state index in [1.807, 2.05) is 57.2 Å². The van der Waals surface area contributed by atoms with E-state index < -0.39 is 0 Å². The summed E-state index contributed by atoms with van der Waals surface area (Å²) in [4.78, 5) is 18.4. The molecular formula is C27H26N2O3. The number of rotatable bonds is 5. The number of carbonyl (C=O) groups is 1. The van der Waals surface area contributed by atoms with Gasteiger partial charge in [-0.2, -0.15) is 0 Å². The minimum atomic E-state index is -0.234. The second-order valence-electron chi connectivity index (χ2n) is 7.92. The number of nitrogens with one attached hydrogen (secondary N) is 1. The van der Waals surface area contributed by atoms with Gasteiger partial charge in [0.15, 0.2) is 0 Å². The summed E-state index contributed by atoms with van der Waals surface area (Å²) in [6.45, 7) is 6.09. The van der Waals surface area contributed by atoms with Crippen molar-refractivity contribution in [2.75, 3.05) is 19.5 Å². The number of anilines is 1. The van der Waals surface area contributed by atoms with E-state index in [1.165, 1.54) is 5.56 Å². The van der Waals surface area contributed by atoms with Gasteiger partial charge in [0.05, 0.1) is 36.7 Å². The lowest BCUT2D eigenvalue weighted by Crippen LogP contribution is -2.14. The highest BCUT2D eigenvalue weighted by Crippen LogP contribution is 2.32. The number of carbonyl (C=O) groups excluding carboxylic acids is 1. The lowest BCUT2D eigenvalue weighted by molar-refractivity contribution is 0.102. The Morgan fingerprint density at radius 3 is 2.28 bits per heavy atom. The first-order valence-corrected chi connectivity index (χ1v) is 10.4. The Morgan fingerprint density at radius 2 is 1.59 bits per heavy atom. The maximum absolute atomic E-state index is 13.5. The average Bonchev–Trinajstić information content (AvgIpc) is 2.79. The summed E-state index contributed by atoms with van der Waals surface area (Å²) in [6.07, 6.45) is 0. The second-order valence-corrected chi connectivity index (χ2v) is 7.92. The first-order chi connectivity index (χ1) is 15.4. The van der Waals surface area contributed by atoms with Crippen LogP contribution in [0.5, 0.6) is 11.5 Å². The number of ether oxygens (including phenoxy) is 2. The van der Waals surface area contributed by atoms with Gasteiger partial charge in [-0.1, -0.05) is 41.5 Å². The smallest absolute Gasteiger partial charge is 0.256 e. The Kier molecular flexibility index (Phi) is 5.82. The number of fused-ring (bicyclic) bond motifs is 1. The third kappa shape index (κ3) is 4.14. The molecule has 5 heteroatoms. The number of benzene rings is 3. The highest BCUT2D eigenvalue weighted by atomic mass is 16.5. The van der Waals surface area contributed by atoms with E-state index in [0.29, 0.717) is 22.7 Å². The summed E-state index contributed by atoms with van der Waals surface area (Å²) in [5, 5.41) is 3.82. The molecule has 0 atom stereocenters. The molecular weight excluding hydrogens is 400 g/mol. The fourth-order valence-electron chi connectivity index (χ4n) is 3.84. The van der Waals surface area contributed by atoms with Crippen LogP contribution < -0.4 is 14.8 Å². The van der Waals surface area contributed by atoms with Gasteiger partial charge in [-0.3, -0.25) is 4.79 Å². The number of amides is 1. The zero-order chi connectivity index (χ0) is 22.8. The van der Waals surface area contributed by atoms with E-state index in [0.717, 1.165) is 33.3 Å². The lowest BCUT2D eigenvalue weighted by atomic mass is 9.99. The molecule has 5 nitrogen and oxygen atoms in total. The summed E-state index contributed by atoms with van der Waals surface area (Å²) >= 11 is 0. The third-order valence-electron chi connectivity index (χ3n) is 5.50. The third-order valence-corrected chi connectivity index (χ3v) is 5.50.